The Bertz CT molecular complexity index is 1850. The molecule has 232 valence electrons. The van der Waals surface area contributed by atoms with E-state index in [2.05, 4.69) is 10.0 Å². The van der Waals surface area contributed by atoms with Gasteiger partial charge in [-0.1, -0.05) is 24.3 Å². The summed E-state index contributed by atoms with van der Waals surface area (Å²) in [5, 5.41) is 2.53. The van der Waals surface area contributed by atoms with Crippen LogP contribution in [0.25, 0.3) is 0 Å². The highest BCUT2D eigenvalue weighted by Gasteiger charge is 2.31. The molecule has 0 aliphatic carbocycles. The highest BCUT2D eigenvalue weighted by molar-refractivity contribution is 7.93. The fourth-order valence-corrected chi connectivity index (χ4v) is 6.52. The van der Waals surface area contributed by atoms with Crippen LogP contribution in [0.15, 0.2) is 107 Å². The second kappa shape index (κ2) is 12.9. The van der Waals surface area contributed by atoms with Crippen molar-refractivity contribution in [1.82, 2.24) is 0 Å². The summed E-state index contributed by atoms with van der Waals surface area (Å²) in [5.41, 5.74) is -0.952. The molecule has 0 aromatic heterocycles. The zero-order valence-electron chi connectivity index (χ0n) is 23.2. The molecule has 4 aromatic rings. The van der Waals surface area contributed by atoms with Gasteiger partial charge >= 0.3 is 6.18 Å². The number of methoxy groups -OCH3 is 2. The van der Waals surface area contributed by atoms with E-state index in [-0.39, 0.29) is 32.6 Å². The number of hydrogen-bond acceptors (Lipinski definition) is 7. The maximum Gasteiger partial charge on any atom is 0.416 e. The smallest absolute Gasteiger partial charge is 0.416 e. The van der Waals surface area contributed by atoms with E-state index in [0.717, 1.165) is 28.6 Å². The third-order valence-electron chi connectivity index (χ3n) is 6.16. The van der Waals surface area contributed by atoms with Gasteiger partial charge in [-0.2, -0.15) is 13.2 Å². The van der Waals surface area contributed by atoms with E-state index < -0.39 is 44.2 Å². The normalized spacial score (nSPS) is 11.8. The highest BCUT2D eigenvalue weighted by atomic mass is 32.2. The predicted molar refractivity (Wildman–Crippen MR) is 158 cm³/mol. The molecule has 44 heavy (non-hydrogen) atoms. The molecule has 0 aliphatic heterocycles. The van der Waals surface area contributed by atoms with Crippen molar-refractivity contribution in [2.75, 3.05) is 35.1 Å². The molecule has 10 nitrogen and oxygen atoms in total. The molecule has 0 heterocycles. The fraction of sp³-hybridized carbons (Fsp3) is 0.138. The summed E-state index contributed by atoms with van der Waals surface area (Å²) < 4.78 is 105. The molecule has 0 bridgehead atoms. The second-order valence-electron chi connectivity index (χ2n) is 9.12. The molecule has 15 heteroatoms. The van der Waals surface area contributed by atoms with Crippen molar-refractivity contribution in [3.05, 3.63) is 103 Å². The minimum absolute atomic E-state index is 0.143. The van der Waals surface area contributed by atoms with Crippen LogP contribution in [0.1, 0.15) is 5.56 Å². The minimum Gasteiger partial charge on any atom is -0.493 e. The summed E-state index contributed by atoms with van der Waals surface area (Å²) >= 11 is 0. The molecule has 0 aliphatic rings. The Labute approximate surface area is 252 Å². The number of amides is 1. The van der Waals surface area contributed by atoms with Crippen LogP contribution in [0.4, 0.5) is 30.2 Å². The highest BCUT2D eigenvalue weighted by Crippen LogP contribution is 2.33. The zero-order chi connectivity index (χ0) is 32.1. The van der Waals surface area contributed by atoms with Gasteiger partial charge in [0.05, 0.1) is 35.3 Å². The summed E-state index contributed by atoms with van der Waals surface area (Å²) in [6, 6.07) is 20.5. The van der Waals surface area contributed by atoms with Crippen LogP contribution in [0, 0.1) is 0 Å². The summed E-state index contributed by atoms with van der Waals surface area (Å²) in [5.74, 6) is -0.259. The van der Waals surface area contributed by atoms with E-state index in [4.69, 9.17) is 9.47 Å². The van der Waals surface area contributed by atoms with Crippen LogP contribution < -0.4 is 23.8 Å². The number of halogens is 3. The van der Waals surface area contributed by atoms with Crippen molar-refractivity contribution in [2.24, 2.45) is 0 Å². The molecule has 0 saturated carbocycles. The summed E-state index contributed by atoms with van der Waals surface area (Å²) in [4.78, 5) is 12.6. The van der Waals surface area contributed by atoms with Gasteiger partial charge in [-0.25, -0.2) is 16.8 Å². The SMILES string of the molecule is COc1ccc(S(=O)(=O)N(CC(=O)Nc2ccc(S(=O)(=O)Nc3cccc(C(F)(F)F)c3)cc2)c2ccccc2)cc1OC. The third-order valence-corrected chi connectivity index (χ3v) is 9.33. The van der Waals surface area contributed by atoms with E-state index in [1.165, 1.54) is 62.8 Å². The average Bonchev–Trinajstić information content (AvgIpc) is 2.99. The van der Waals surface area contributed by atoms with Gasteiger partial charge in [0.2, 0.25) is 5.91 Å². The molecule has 1 amide bonds. The van der Waals surface area contributed by atoms with Gasteiger partial charge in [0.1, 0.15) is 6.54 Å². The number of nitrogens with zero attached hydrogens (tertiary/aromatic N) is 1. The molecule has 2 N–H and O–H groups in total. The topological polar surface area (TPSA) is 131 Å². The molecule has 4 rings (SSSR count). The van der Waals surface area contributed by atoms with Gasteiger partial charge in [-0.3, -0.25) is 13.8 Å². The monoisotopic (exact) mass is 649 g/mol. The lowest BCUT2D eigenvalue weighted by Crippen LogP contribution is -2.38. The van der Waals surface area contributed by atoms with Crippen molar-refractivity contribution in [2.45, 2.75) is 16.0 Å². The first-order chi connectivity index (χ1) is 20.7. The Morgan fingerprint density at radius 3 is 2.00 bits per heavy atom. The quantitative estimate of drug-likeness (QED) is 0.224. The second-order valence-corrected chi connectivity index (χ2v) is 12.7. The molecule has 0 radical (unpaired) electrons. The Hall–Kier alpha value is -4.76. The summed E-state index contributed by atoms with van der Waals surface area (Å²) in [6.07, 6.45) is -4.65. The number of carbonyl (C=O) groups excluding carboxylic acids is 1. The number of nitrogens with one attached hydrogen (secondary N) is 2. The molecule has 0 atom stereocenters. The molecular weight excluding hydrogens is 623 g/mol. The number of sulfonamides is 2. The lowest BCUT2D eigenvalue weighted by atomic mass is 10.2. The first-order valence-electron chi connectivity index (χ1n) is 12.6. The van der Waals surface area contributed by atoms with Crippen molar-refractivity contribution < 1.29 is 44.3 Å². The third kappa shape index (κ3) is 7.41. The standard InChI is InChI=1S/C29H26F3N3O7S2/c1-41-26-16-15-25(18-27(26)42-2)44(39,40)35(23-9-4-3-5-10-23)19-28(36)33-21-11-13-24(14-12-21)43(37,38)34-22-8-6-7-20(17-22)29(30,31)32/h3-18,34H,19H2,1-2H3,(H,33,36). The van der Waals surface area contributed by atoms with Crippen LogP contribution in [0.3, 0.4) is 0 Å². The molecule has 0 fully saturated rings. The summed E-state index contributed by atoms with van der Waals surface area (Å²) in [7, 11) is -5.80. The van der Waals surface area contributed by atoms with Crippen molar-refractivity contribution >= 4 is 43.0 Å². The number of rotatable bonds is 11. The molecule has 0 saturated heterocycles. The number of carbonyl (C=O) groups is 1. The number of benzene rings is 4. The summed E-state index contributed by atoms with van der Waals surface area (Å²) in [6.45, 7) is -0.641. The molecule has 4 aromatic carbocycles. The van der Waals surface area contributed by atoms with E-state index in [0.29, 0.717) is 11.8 Å². The lowest BCUT2D eigenvalue weighted by Gasteiger charge is -2.24. The lowest BCUT2D eigenvalue weighted by molar-refractivity contribution is -0.137. The fourth-order valence-electron chi connectivity index (χ4n) is 4.03. The van der Waals surface area contributed by atoms with Crippen LogP contribution in [-0.4, -0.2) is 43.5 Å². The van der Waals surface area contributed by atoms with Crippen LogP contribution >= 0.6 is 0 Å². The van der Waals surface area contributed by atoms with Crippen molar-refractivity contribution in [3.8, 4) is 11.5 Å². The van der Waals surface area contributed by atoms with E-state index in [1.54, 1.807) is 18.2 Å². The van der Waals surface area contributed by atoms with Gasteiger partial charge in [-0.05, 0) is 66.7 Å². The van der Waals surface area contributed by atoms with E-state index >= 15 is 0 Å². The number of para-hydroxylation sites is 1. The zero-order valence-corrected chi connectivity index (χ0v) is 24.8. The maximum absolute atomic E-state index is 13.7. The Balaban J connectivity index is 1.53. The van der Waals surface area contributed by atoms with E-state index in [1.807, 2.05) is 0 Å². The van der Waals surface area contributed by atoms with Gasteiger partial charge in [0.25, 0.3) is 20.0 Å². The number of hydrogen-bond donors (Lipinski definition) is 2. The Kier molecular flexibility index (Phi) is 9.39. The first-order valence-corrected chi connectivity index (χ1v) is 15.6. The van der Waals surface area contributed by atoms with Gasteiger partial charge in [0, 0.05) is 17.4 Å². The Morgan fingerprint density at radius 2 is 1.39 bits per heavy atom. The van der Waals surface area contributed by atoms with Crippen molar-refractivity contribution in [3.63, 3.8) is 0 Å². The van der Waals surface area contributed by atoms with Gasteiger partial charge < -0.3 is 14.8 Å². The van der Waals surface area contributed by atoms with E-state index in [9.17, 15) is 34.8 Å². The molecule has 0 unspecified atom stereocenters. The molecule has 0 spiro atoms. The van der Waals surface area contributed by atoms with Crippen LogP contribution in [0.2, 0.25) is 0 Å². The first kappa shape index (κ1) is 32.2. The van der Waals surface area contributed by atoms with Crippen LogP contribution in [-0.2, 0) is 31.0 Å². The predicted octanol–water partition coefficient (Wildman–Crippen LogP) is 5.36. The van der Waals surface area contributed by atoms with Crippen LogP contribution in [0.5, 0.6) is 11.5 Å². The van der Waals surface area contributed by atoms with Crippen molar-refractivity contribution in [1.29, 1.82) is 0 Å². The largest absolute Gasteiger partial charge is 0.493 e. The van der Waals surface area contributed by atoms with Gasteiger partial charge in [0.15, 0.2) is 11.5 Å². The minimum atomic E-state index is -4.65. The number of anilines is 3. The number of alkyl halides is 3. The maximum atomic E-state index is 13.7. The number of ether oxygens (including phenoxy) is 2. The molecular formula is C29H26F3N3O7S2. The Morgan fingerprint density at radius 1 is 0.750 bits per heavy atom. The van der Waals surface area contributed by atoms with Gasteiger partial charge in [-0.15, -0.1) is 0 Å². The average molecular weight is 650 g/mol.